The van der Waals surface area contributed by atoms with Crippen molar-refractivity contribution in [2.45, 2.75) is 13.3 Å². The summed E-state index contributed by atoms with van der Waals surface area (Å²) in [6.45, 7) is 2.03. The van der Waals surface area contributed by atoms with E-state index >= 15 is 0 Å². The summed E-state index contributed by atoms with van der Waals surface area (Å²) in [7, 11) is 0. The van der Waals surface area contributed by atoms with Crippen molar-refractivity contribution in [1.29, 1.82) is 0 Å². The van der Waals surface area contributed by atoms with Crippen LogP contribution in [-0.2, 0) is 6.42 Å². The van der Waals surface area contributed by atoms with Gasteiger partial charge >= 0.3 is 0 Å². The molecule has 0 aliphatic carbocycles. The van der Waals surface area contributed by atoms with Crippen molar-refractivity contribution < 1.29 is 4.79 Å². The molecule has 0 radical (unpaired) electrons. The van der Waals surface area contributed by atoms with Crippen molar-refractivity contribution in [2.75, 3.05) is 0 Å². The Morgan fingerprint density at radius 2 is 2.33 bits per heavy atom. The molecule has 0 bridgehead atoms. The Balaban J connectivity index is 2.13. The van der Waals surface area contributed by atoms with Gasteiger partial charge in [0.2, 0.25) is 0 Å². The van der Waals surface area contributed by atoms with E-state index in [4.69, 9.17) is 0 Å². The molecule has 15 heavy (non-hydrogen) atoms. The zero-order chi connectivity index (χ0) is 10.7. The van der Waals surface area contributed by atoms with E-state index in [1.165, 1.54) is 16.9 Å². The predicted molar refractivity (Wildman–Crippen MR) is 61.3 cm³/mol. The molecule has 0 spiro atoms. The lowest BCUT2D eigenvalue weighted by atomic mass is 10.1. The van der Waals surface area contributed by atoms with E-state index in [1.807, 2.05) is 31.2 Å². The van der Waals surface area contributed by atoms with E-state index in [0.717, 1.165) is 10.4 Å². The molecular weight excluding hydrogens is 206 g/mol. The molecule has 0 aliphatic rings. The second-order valence-corrected chi connectivity index (χ2v) is 4.34. The topological polar surface area (TPSA) is 30.0 Å². The van der Waals surface area contributed by atoms with Crippen molar-refractivity contribution in [1.82, 2.24) is 4.98 Å². The molecule has 0 N–H and O–H groups in total. The van der Waals surface area contributed by atoms with Crippen molar-refractivity contribution in [3.8, 4) is 0 Å². The third-order valence-corrected chi connectivity index (χ3v) is 2.97. The van der Waals surface area contributed by atoms with Gasteiger partial charge in [0, 0.05) is 12.6 Å². The molecule has 1 heterocycles. The lowest BCUT2D eigenvalue weighted by molar-refractivity contribution is 0.0996. The molecular formula is C12H11NOS. The van der Waals surface area contributed by atoms with Gasteiger partial charge < -0.3 is 0 Å². The van der Waals surface area contributed by atoms with Crippen LogP contribution in [0.4, 0.5) is 0 Å². The second kappa shape index (κ2) is 4.36. The van der Waals surface area contributed by atoms with E-state index in [2.05, 4.69) is 4.98 Å². The van der Waals surface area contributed by atoms with Gasteiger partial charge in [-0.3, -0.25) is 9.78 Å². The van der Waals surface area contributed by atoms with Gasteiger partial charge in [-0.15, -0.1) is 11.3 Å². The molecule has 0 fully saturated rings. The van der Waals surface area contributed by atoms with Crippen LogP contribution in [0.3, 0.4) is 0 Å². The monoisotopic (exact) mass is 217 g/mol. The van der Waals surface area contributed by atoms with Crippen LogP contribution < -0.4 is 0 Å². The number of thiazole rings is 1. The lowest BCUT2D eigenvalue weighted by Gasteiger charge is -2.00. The van der Waals surface area contributed by atoms with Gasteiger partial charge in [-0.2, -0.15) is 0 Å². The molecule has 0 atom stereocenters. The number of carbonyl (C=O) groups is 1. The van der Waals surface area contributed by atoms with Gasteiger partial charge in [0.1, 0.15) is 0 Å². The highest BCUT2D eigenvalue weighted by atomic mass is 32.1. The molecule has 0 saturated carbocycles. The molecule has 76 valence electrons. The Hall–Kier alpha value is -1.48. The first kappa shape index (κ1) is 10.1. The standard InChI is InChI=1S/C12H11NOS/c1-9-3-2-4-10(5-9)6-11(14)12-7-13-8-15-12/h2-5,7-8H,6H2,1H3. The zero-order valence-corrected chi connectivity index (χ0v) is 9.25. The smallest absolute Gasteiger partial charge is 0.178 e. The minimum absolute atomic E-state index is 0.142. The minimum atomic E-state index is 0.142. The van der Waals surface area contributed by atoms with E-state index in [0.29, 0.717) is 6.42 Å². The maximum atomic E-state index is 11.8. The van der Waals surface area contributed by atoms with Crippen molar-refractivity contribution in [3.05, 3.63) is 52.0 Å². The van der Waals surface area contributed by atoms with Crippen molar-refractivity contribution in [2.24, 2.45) is 0 Å². The average Bonchev–Trinajstić information content (AvgIpc) is 2.70. The van der Waals surface area contributed by atoms with E-state index in [1.54, 1.807) is 11.7 Å². The number of Topliss-reactive ketones (excluding diaryl/α,β-unsaturated/α-hetero) is 1. The first-order chi connectivity index (χ1) is 7.25. The van der Waals surface area contributed by atoms with Crippen LogP contribution >= 0.6 is 11.3 Å². The summed E-state index contributed by atoms with van der Waals surface area (Å²) in [5.41, 5.74) is 3.93. The fraction of sp³-hybridized carbons (Fsp3) is 0.167. The van der Waals surface area contributed by atoms with Gasteiger partial charge in [0.05, 0.1) is 10.4 Å². The highest BCUT2D eigenvalue weighted by molar-refractivity contribution is 7.11. The summed E-state index contributed by atoms with van der Waals surface area (Å²) in [6.07, 6.45) is 2.09. The number of rotatable bonds is 3. The zero-order valence-electron chi connectivity index (χ0n) is 8.43. The molecule has 0 saturated heterocycles. The van der Waals surface area contributed by atoms with E-state index in [9.17, 15) is 4.79 Å². The quantitative estimate of drug-likeness (QED) is 0.740. The number of benzene rings is 1. The minimum Gasteiger partial charge on any atom is -0.293 e. The molecule has 0 aliphatic heterocycles. The molecule has 2 nitrogen and oxygen atoms in total. The van der Waals surface area contributed by atoms with Crippen LogP contribution in [0.15, 0.2) is 36.0 Å². The number of ketones is 1. The maximum Gasteiger partial charge on any atom is 0.178 e. The van der Waals surface area contributed by atoms with Crippen LogP contribution in [0.5, 0.6) is 0 Å². The Labute approximate surface area is 92.6 Å². The average molecular weight is 217 g/mol. The fourth-order valence-corrected chi connectivity index (χ4v) is 2.01. The van der Waals surface area contributed by atoms with E-state index < -0.39 is 0 Å². The Morgan fingerprint density at radius 3 is 3.00 bits per heavy atom. The third-order valence-electron chi connectivity index (χ3n) is 2.15. The number of hydrogen-bond donors (Lipinski definition) is 0. The Bertz CT molecular complexity index is 462. The maximum absolute atomic E-state index is 11.8. The Morgan fingerprint density at radius 1 is 1.47 bits per heavy atom. The molecule has 1 aromatic carbocycles. The highest BCUT2D eigenvalue weighted by Crippen LogP contribution is 2.12. The van der Waals surface area contributed by atoms with Crippen LogP contribution in [0, 0.1) is 6.92 Å². The van der Waals surface area contributed by atoms with Crippen molar-refractivity contribution >= 4 is 17.1 Å². The van der Waals surface area contributed by atoms with Gasteiger partial charge in [0.25, 0.3) is 0 Å². The predicted octanol–water partition coefficient (Wildman–Crippen LogP) is 2.88. The summed E-state index contributed by atoms with van der Waals surface area (Å²) >= 11 is 1.39. The molecule has 2 rings (SSSR count). The summed E-state index contributed by atoms with van der Waals surface area (Å²) in [6, 6.07) is 8.02. The van der Waals surface area contributed by atoms with Crippen LogP contribution in [0.2, 0.25) is 0 Å². The number of aromatic nitrogens is 1. The van der Waals surface area contributed by atoms with Gasteiger partial charge in [0.15, 0.2) is 5.78 Å². The number of hydrogen-bond acceptors (Lipinski definition) is 3. The number of aryl methyl sites for hydroxylation is 1. The summed E-state index contributed by atoms with van der Waals surface area (Å²) in [5, 5.41) is 0. The molecule has 0 unspecified atom stereocenters. The van der Waals surface area contributed by atoms with E-state index in [-0.39, 0.29) is 5.78 Å². The van der Waals surface area contributed by atoms with Crippen molar-refractivity contribution in [3.63, 3.8) is 0 Å². The third kappa shape index (κ3) is 2.50. The second-order valence-electron chi connectivity index (χ2n) is 3.45. The SMILES string of the molecule is Cc1cccc(CC(=O)c2cncs2)c1. The first-order valence-electron chi connectivity index (χ1n) is 4.73. The summed E-state index contributed by atoms with van der Waals surface area (Å²) in [4.78, 5) is 16.4. The molecule has 1 aromatic heterocycles. The van der Waals surface area contributed by atoms with Crippen LogP contribution in [0.25, 0.3) is 0 Å². The molecule has 0 amide bonds. The first-order valence-corrected chi connectivity index (χ1v) is 5.61. The lowest BCUT2D eigenvalue weighted by Crippen LogP contribution is -2.01. The van der Waals surface area contributed by atoms with Gasteiger partial charge in [-0.25, -0.2) is 0 Å². The molecule has 2 aromatic rings. The highest BCUT2D eigenvalue weighted by Gasteiger charge is 2.08. The largest absolute Gasteiger partial charge is 0.293 e. The van der Waals surface area contributed by atoms with Gasteiger partial charge in [-0.05, 0) is 12.5 Å². The summed E-state index contributed by atoms with van der Waals surface area (Å²) < 4.78 is 0. The summed E-state index contributed by atoms with van der Waals surface area (Å²) in [5.74, 6) is 0.142. The van der Waals surface area contributed by atoms with Crippen LogP contribution in [-0.4, -0.2) is 10.8 Å². The molecule has 3 heteroatoms. The van der Waals surface area contributed by atoms with Crippen LogP contribution in [0.1, 0.15) is 20.8 Å². The normalized spacial score (nSPS) is 10.2. The fourth-order valence-electron chi connectivity index (χ4n) is 1.45. The number of carbonyl (C=O) groups excluding carboxylic acids is 1. The Kier molecular flexibility index (Phi) is 2.92. The van der Waals surface area contributed by atoms with Gasteiger partial charge in [-0.1, -0.05) is 29.8 Å². The number of nitrogens with zero attached hydrogens (tertiary/aromatic N) is 1.